The molecule has 12 nitrogen and oxygen atoms in total. The Hall–Kier alpha value is -3.26. The van der Waals surface area contributed by atoms with Crippen LogP contribution in [0.2, 0.25) is 0 Å². The average Bonchev–Trinajstić information content (AvgIpc) is 3.70. The summed E-state index contributed by atoms with van der Waals surface area (Å²) in [5.41, 5.74) is 1.66. The van der Waals surface area contributed by atoms with Gasteiger partial charge in [-0.3, -0.25) is 9.80 Å². The van der Waals surface area contributed by atoms with Crippen molar-refractivity contribution in [2.75, 3.05) is 39.5 Å². The molecular weight excluding hydrogens is 676 g/mol. The van der Waals surface area contributed by atoms with Crippen molar-refractivity contribution in [1.82, 2.24) is 28.9 Å². The first-order valence-corrected chi connectivity index (χ1v) is 16.9. The van der Waals surface area contributed by atoms with Crippen molar-refractivity contribution < 1.29 is 46.2 Å². The molecule has 4 rings (SSSR count). The second kappa shape index (κ2) is 21.7. The van der Waals surface area contributed by atoms with Crippen molar-refractivity contribution in [3.05, 3.63) is 96.1 Å². The van der Waals surface area contributed by atoms with Gasteiger partial charge in [-0.25, -0.2) is 9.97 Å². The van der Waals surface area contributed by atoms with Gasteiger partial charge in [-0.1, -0.05) is 36.4 Å². The minimum atomic E-state index is -0.373. The molecule has 2 aromatic heterocycles. The number of hydrogen-bond acceptors (Lipinski definition) is 10. The summed E-state index contributed by atoms with van der Waals surface area (Å²) >= 11 is 0. The van der Waals surface area contributed by atoms with Gasteiger partial charge in [0.25, 0.3) is 0 Å². The molecule has 13 heteroatoms. The number of aromatic hydroxyl groups is 2. The number of ether oxygens (including phenoxy) is 4. The Labute approximate surface area is 301 Å². The standard InChI is InChI=1S/C36H52N6O6.Cu/c1-5-45-35(46-6-2)27-41-19-17-37-33(41)25-39(23-29-13-9-11-15-31(29)43)21-22-40(24-30-14-10-12-16-32(30)44)26-34-38-18-20-42(34)28-36(47-7-3)48-8-4;/h9-20,35-36,43-44H,5-8,21-28H2,1-4H3;/q;+2. The number of imidazole rings is 2. The van der Waals surface area contributed by atoms with Crippen LogP contribution >= 0.6 is 0 Å². The normalized spacial score (nSPS) is 11.7. The Morgan fingerprint density at radius 2 is 0.959 bits per heavy atom. The van der Waals surface area contributed by atoms with Crippen LogP contribution in [0.15, 0.2) is 73.3 Å². The van der Waals surface area contributed by atoms with Gasteiger partial charge < -0.3 is 38.3 Å². The Morgan fingerprint density at radius 3 is 1.31 bits per heavy atom. The summed E-state index contributed by atoms with van der Waals surface area (Å²) in [6, 6.07) is 14.8. The van der Waals surface area contributed by atoms with Crippen molar-refractivity contribution in [2.45, 2.75) is 79.5 Å². The fraction of sp³-hybridized carbons (Fsp3) is 0.500. The van der Waals surface area contributed by atoms with Crippen LogP contribution in [0.25, 0.3) is 0 Å². The monoisotopic (exact) mass is 727 g/mol. The van der Waals surface area contributed by atoms with E-state index >= 15 is 0 Å². The largest absolute Gasteiger partial charge is 2.00 e. The topological polar surface area (TPSA) is 120 Å². The first kappa shape index (κ1) is 40.2. The van der Waals surface area contributed by atoms with Crippen molar-refractivity contribution in [3.8, 4) is 11.5 Å². The molecule has 271 valence electrons. The second-order valence-electron chi connectivity index (χ2n) is 11.4. The van der Waals surface area contributed by atoms with Crippen LogP contribution < -0.4 is 0 Å². The molecule has 2 heterocycles. The number of nitrogens with zero attached hydrogens (tertiary/aromatic N) is 6. The van der Waals surface area contributed by atoms with Gasteiger partial charge in [-0.15, -0.1) is 0 Å². The summed E-state index contributed by atoms with van der Waals surface area (Å²) in [6.07, 6.45) is 6.74. The molecule has 0 fully saturated rings. The molecule has 0 saturated heterocycles. The van der Waals surface area contributed by atoms with Crippen LogP contribution in [-0.2, 0) is 75.3 Å². The third kappa shape index (κ3) is 12.9. The minimum absolute atomic E-state index is 0. The molecule has 4 aromatic rings. The molecule has 2 N–H and O–H groups in total. The molecule has 0 spiro atoms. The van der Waals surface area contributed by atoms with E-state index in [9.17, 15) is 10.2 Å². The van der Waals surface area contributed by atoms with Crippen molar-refractivity contribution >= 4 is 0 Å². The summed E-state index contributed by atoms with van der Waals surface area (Å²) in [7, 11) is 0. The van der Waals surface area contributed by atoms with E-state index in [1.165, 1.54) is 0 Å². The number of phenols is 2. The van der Waals surface area contributed by atoms with Gasteiger partial charge in [0.1, 0.15) is 23.1 Å². The maximum absolute atomic E-state index is 10.7. The summed E-state index contributed by atoms with van der Waals surface area (Å²) < 4.78 is 27.4. The van der Waals surface area contributed by atoms with Crippen LogP contribution in [0, 0.1) is 0 Å². The molecule has 0 aliphatic rings. The van der Waals surface area contributed by atoms with Gasteiger partial charge in [-0.2, -0.15) is 0 Å². The van der Waals surface area contributed by atoms with Crippen LogP contribution in [0.5, 0.6) is 11.5 Å². The molecule has 0 aliphatic heterocycles. The predicted octanol–water partition coefficient (Wildman–Crippen LogP) is 4.99. The molecule has 0 amide bonds. The molecule has 1 radical (unpaired) electrons. The van der Waals surface area contributed by atoms with Gasteiger partial charge in [0.2, 0.25) is 0 Å². The zero-order valence-electron chi connectivity index (χ0n) is 29.1. The Bertz CT molecular complexity index is 1360. The van der Waals surface area contributed by atoms with Crippen LogP contribution in [0.3, 0.4) is 0 Å². The van der Waals surface area contributed by atoms with Gasteiger partial charge >= 0.3 is 17.1 Å². The molecule has 0 unspecified atom stereocenters. The third-order valence-corrected chi connectivity index (χ3v) is 7.94. The number of aromatic nitrogens is 4. The number of phenolic OH excluding ortho intramolecular Hbond substituents is 2. The molecule has 0 bridgehead atoms. The van der Waals surface area contributed by atoms with Gasteiger partial charge in [0.05, 0.1) is 26.2 Å². The Morgan fingerprint density at radius 1 is 0.592 bits per heavy atom. The fourth-order valence-electron chi connectivity index (χ4n) is 5.57. The van der Waals surface area contributed by atoms with Crippen LogP contribution in [0.1, 0.15) is 50.5 Å². The average molecular weight is 728 g/mol. The maximum atomic E-state index is 10.7. The summed E-state index contributed by atoms with van der Waals surface area (Å²) in [4.78, 5) is 13.9. The van der Waals surface area contributed by atoms with Crippen molar-refractivity contribution in [1.29, 1.82) is 0 Å². The van der Waals surface area contributed by atoms with E-state index in [1.807, 2.05) is 76.5 Å². The van der Waals surface area contributed by atoms with E-state index in [1.54, 1.807) is 24.5 Å². The Kier molecular flexibility index (Phi) is 17.8. The quantitative estimate of drug-likeness (QED) is 0.0799. The van der Waals surface area contributed by atoms with Crippen LogP contribution in [-0.4, -0.2) is 91.2 Å². The van der Waals surface area contributed by atoms with Gasteiger partial charge in [-0.05, 0) is 39.8 Å². The summed E-state index contributed by atoms with van der Waals surface area (Å²) in [5, 5.41) is 21.4. The summed E-state index contributed by atoms with van der Waals surface area (Å²) in [5.74, 6) is 2.25. The van der Waals surface area contributed by atoms with Crippen LogP contribution in [0.4, 0.5) is 0 Å². The van der Waals surface area contributed by atoms with E-state index in [4.69, 9.17) is 28.9 Å². The molecule has 49 heavy (non-hydrogen) atoms. The van der Waals surface area contributed by atoms with Crippen molar-refractivity contribution in [2.24, 2.45) is 0 Å². The first-order chi connectivity index (χ1) is 23.4. The third-order valence-electron chi connectivity index (χ3n) is 7.94. The molecular formula is C36H52CuN6O6+2. The van der Waals surface area contributed by atoms with E-state index < -0.39 is 0 Å². The maximum Gasteiger partial charge on any atom is 2.00 e. The summed E-state index contributed by atoms with van der Waals surface area (Å²) in [6.45, 7) is 14.5. The molecule has 0 saturated carbocycles. The zero-order valence-corrected chi connectivity index (χ0v) is 30.0. The van der Waals surface area contributed by atoms with E-state index in [0.29, 0.717) is 78.8 Å². The number of hydrogen-bond donors (Lipinski definition) is 2. The van der Waals surface area contributed by atoms with E-state index in [-0.39, 0.29) is 41.1 Å². The number of rotatable bonds is 23. The second-order valence-corrected chi connectivity index (χ2v) is 11.4. The molecule has 2 aromatic carbocycles. The van der Waals surface area contributed by atoms with Gasteiger partial charge in [0.15, 0.2) is 12.6 Å². The van der Waals surface area contributed by atoms with Crippen molar-refractivity contribution in [3.63, 3.8) is 0 Å². The number of benzene rings is 2. The SMILES string of the molecule is CCOC(Cn1ccnc1CN(CCN(Cc1ccccc1O)Cc1nccn1CC(OCC)OCC)Cc1ccccc1O)OCC.[Cu+2]. The van der Waals surface area contributed by atoms with E-state index in [0.717, 1.165) is 22.8 Å². The fourth-order valence-corrected chi connectivity index (χ4v) is 5.57. The smallest absolute Gasteiger partial charge is 0.508 e. The van der Waals surface area contributed by atoms with E-state index in [2.05, 4.69) is 18.9 Å². The predicted molar refractivity (Wildman–Crippen MR) is 183 cm³/mol. The molecule has 0 atom stereocenters. The Balaban J connectivity index is 0.00000650. The molecule has 0 aliphatic carbocycles. The van der Waals surface area contributed by atoms with Gasteiger partial charge in [0, 0.05) is 88.5 Å². The zero-order chi connectivity index (χ0) is 34.1. The number of para-hydroxylation sites is 2. The first-order valence-electron chi connectivity index (χ1n) is 16.9. The minimum Gasteiger partial charge on any atom is -0.508 e.